The highest BCUT2D eigenvalue weighted by Gasteiger charge is 2.11. The number of halogens is 1. The Hall–Kier alpha value is -3.75. The zero-order valence-corrected chi connectivity index (χ0v) is 13.6. The number of anilines is 2. The van der Waals surface area contributed by atoms with Crippen molar-refractivity contribution in [2.24, 2.45) is 0 Å². The third-order valence-corrected chi connectivity index (χ3v) is 3.75. The van der Waals surface area contributed by atoms with E-state index in [0.717, 1.165) is 6.20 Å². The normalized spacial score (nSPS) is 10.8. The van der Waals surface area contributed by atoms with Gasteiger partial charge in [0.2, 0.25) is 5.88 Å². The molecular formula is C17H13FN6O2. The first-order chi connectivity index (χ1) is 12.6. The van der Waals surface area contributed by atoms with Gasteiger partial charge in [-0.3, -0.25) is 14.6 Å². The Kier molecular flexibility index (Phi) is 3.81. The summed E-state index contributed by atoms with van der Waals surface area (Å²) in [4.78, 5) is 24.4. The van der Waals surface area contributed by atoms with Gasteiger partial charge in [0.15, 0.2) is 0 Å². The van der Waals surface area contributed by atoms with Gasteiger partial charge >= 0.3 is 0 Å². The van der Waals surface area contributed by atoms with Crippen molar-refractivity contribution in [3.8, 4) is 11.6 Å². The summed E-state index contributed by atoms with van der Waals surface area (Å²) >= 11 is 0. The third-order valence-electron chi connectivity index (χ3n) is 3.75. The number of nitrogens with zero attached hydrogens (tertiary/aromatic N) is 4. The molecule has 0 amide bonds. The minimum atomic E-state index is -0.426. The van der Waals surface area contributed by atoms with E-state index in [0.29, 0.717) is 34.1 Å². The Bertz CT molecular complexity index is 1140. The largest absolute Gasteiger partial charge is 0.481 e. The number of pyridine rings is 3. The standard InChI is InChI=1S/C17H13FN6O2/c1-26-16-6-11(4-5-19-16)24-13-7-15(21-9-12(13)17(25)23-24)22-14-3-2-10(18)8-20-14/h2-9H,1H3,(H,23,25)(H,20,21,22). The number of hydrogen-bond acceptors (Lipinski definition) is 6. The van der Waals surface area contributed by atoms with E-state index in [-0.39, 0.29) is 5.56 Å². The first-order valence-corrected chi connectivity index (χ1v) is 7.64. The van der Waals surface area contributed by atoms with Crippen LogP contribution in [0.1, 0.15) is 0 Å². The lowest BCUT2D eigenvalue weighted by Crippen LogP contribution is -2.04. The zero-order valence-electron chi connectivity index (χ0n) is 13.6. The Morgan fingerprint density at radius 2 is 1.96 bits per heavy atom. The van der Waals surface area contributed by atoms with Crippen molar-refractivity contribution < 1.29 is 9.13 Å². The summed E-state index contributed by atoms with van der Waals surface area (Å²) in [5.74, 6) is 0.900. The summed E-state index contributed by atoms with van der Waals surface area (Å²) < 4.78 is 19.7. The van der Waals surface area contributed by atoms with Crippen LogP contribution in [-0.4, -0.2) is 31.8 Å². The van der Waals surface area contributed by atoms with Gasteiger partial charge < -0.3 is 10.1 Å². The Morgan fingerprint density at radius 3 is 2.73 bits per heavy atom. The summed E-state index contributed by atoms with van der Waals surface area (Å²) in [5.41, 5.74) is 1.03. The van der Waals surface area contributed by atoms with Crippen molar-refractivity contribution in [1.82, 2.24) is 24.7 Å². The number of H-pyrrole nitrogens is 1. The van der Waals surface area contributed by atoms with Crippen molar-refractivity contribution in [2.75, 3.05) is 12.4 Å². The molecule has 0 spiro atoms. The minimum Gasteiger partial charge on any atom is -0.481 e. The fourth-order valence-corrected chi connectivity index (χ4v) is 2.53. The number of nitrogens with one attached hydrogen (secondary N) is 2. The van der Waals surface area contributed by atoms with Crippen LogP contribution in [0.5, 0.6) is 5.88 Å². The van der Waals surface area contributed by atoms with Crippen molar-refractivity contribution in [1.29, 1.82) is 0 Å². The number of rotatable bonds is 4. The van der Waals surface area contributed by atoms with Crippen LogP contribution in [0.2, 0.25) is 0 Å². The summed E-state index contributed by atoms with van der Waals surface area (Å²) in [5, 5.41) is 6.17. The second kappa shape index (κ2) is 6.28. The molecule has 0 saturated heterocycles. The molecule has 0 bridgehead atoms. The topological polar surface area (TPSA) is 97.7 Å². The fraction of sp³-hybridized carbons (Fsp3) is 0.0588. The van der Waals surface area contributed by atoms with E-state index in [1.807, 2.05) is 0 Å². The predicted molar refractivity (Wildman–Crippen MR) is 93.5 cm³/mol. The van der Waals surface area contributed by atoms with Gasteiger partial charge in [0, 0.05) is 24.5 Å². The summed E-state index contributed by atoms with van der Waals surface area (Å²) in [6.45, 7) is 0. The van der Waals surface area contributed by atoms with Crippen molar-refractivity contribution >= 4 is 22.5 Å². The molecule has 0 saturated carbocycles. The molecule has 4 aromatic heterocycles. The van der Waals surface area contributed by atoms with Gasteiger partial charge in [0.1, 0.15) is 17.5 Å². The van der Waals surface area contributed by atoms with Gasteiger partial charge in [0.05, 0.1) is 29.9 Å². The van der Waals surface area contributed by atoms with Crippen LogP contribution in [-0.2, 0) is 0 Å². The van der Waals surface area contributed by atoms with Crippen LogP contribution in [0.4, 0.5) is 16.0 Å². The molecule has 0 aliphatic heterocycles. The summed E-state index contributed by atoms with van der Waals surface area (Å²) in [6, 6.07) is 7.94. The Morgan fingerprint density at radius 1 is 1.12 bits per heavy atom. The molecule has 0 aliphatic carbocycles. The van der Waals surface area contributed by atoms with Gasteiger partial charge in [-0.05, 0) is 18.2 Å². The maximum atomic E-state index is 13.0. The number of fused-ring (bicyclic) bond motifs is 1. The molecule has 4 aromatic rings. The molecular weight excluding hydrogens is 339 g/mol. The average molecular weight is 352 g/mol. The molecule has 4 rings (SSSR count). The van der Waals surface area contributed by atoms with Crippen LogP contribution in [0, 0.1) is 5.82 Å². The van der Waals surface area contributed by atoms with Crippen molar-refractivity contribution in [3.63, 3.8) is 0 Å². The quantitative estimate of drug-likeness (QED) is 0.585. The first kappa shape index (κ1) is 15.8. The molecule has 26 heavy (non-hydrogen) atoms. The maximum Gasteiger partial charge on any atom is 0.273 e. The molecule has 0 unspecified atom stereocenters. The van der Waals surface area contributed by atoms with Gasteiger partial charge in [-0.1, -0.05) is 0 Å². The molecule has 0 atom stereocenters. The van der Waals surface area contributed by atoms with Gasteiger partial charge in [-0.25, -0.2) is 19.3 Å². The lowest BCUT2D eigenvalue weighted by molar-refractivity contribution is 0.397. The fourth-order valence-electron chi connectivity index (χ4n) is 2.53. The SMILES string of the molecule is COc1cc(-n2[nH]c(=O)c3cnc(Nc4ccc(F)cn4)cc32)ccn1. The minimum absolute atomic E-state index is 0.269. The van der Waals surface area contributed by atoms with E-state index in [4.69, 9.17) is 4.74 Å². The second-order valence-corrected chi connectivity index (χ2v) is 5.41. The number of aromatic nitrogens is 5. The van der Waals surface area contributed by atoms with E-state index in [1.165, 1.54) is 25.4 Å². The highest BCUT2D eigenvalue weighted by molar-refractivity contribution is 5.82. The van der Waals surface area contributed by atoms with Crippen LogP contribution < -0.4 is 15.6 Å². The maximum absolute atomic E-state index is 13.0. The molecule has 0 fully saturated rings. The molecule has 0 aliphatic rings. The van der Waals surface area contributed by atoms with E-state index in [1.54, 1.807) is 29.1 Å². The van der Waals surface area contributed by atoms with Crippen LogP contribution in [0.3, 0.4) is 0 Å². The second-order valence-electron chi connectivity index (χ2n) is 5.41. The molecule has 8 nitrogen and oxygen atoms in total. The lowest BCUT2D eigenvalue weighted by Gasteiger charge is -2.08. The molecule has 130 valence electrons. The predicted octanol–water partition coefficient (Wildman–Crippen LogP) is 2.40. The van der Waals surface area contributed by atoms with Gasteiger partial charge in [-0.15, -0.1) is 0 Å². The van der Waals surface area contributed by atoms with Crippen molar-refractivity contribution in [3.05, 3.63) is 65.1 Å². The smallest absolute Gasteiger partial charge is 0.273 e. The van der Waals surface area contributed by atoms with E-state index in [2.05, 4.69) is 25.4 Å². The molecule has 0 aromatic carbocycles. The number of methoxy groups -OCH3 is 1. The summed E-state index contributed by atoms with van der Waals surface area (Å²) in [7, 11) is 1.52. The Balaban J connectivity index is 1.79. The van der Waals surface area contributed by atoms with Gasteiger partial charge in [0.25, 0.3) is 5.56 Å². The van der Waals surface area contributed by atoms with Gasteiger partial charge in [-0.2, -0.15) is 0 Å². The monoisotopic (exact) mass is 352 g/mol. The van der Waals surface area contributed by atoms with Crippen molar-refractivity contribution in [2.45, 2.75) is 0 Å². The first-order valence-electron chi connectivity index (χ1n) is 7.64. The third kappa shape index (κ3) is 2.86. The lowest BCUT2D eigenvalue weighted by atomic mass is 10.3. The molecule has 2 N–H and O–H groups in total. The van der Waals surface area contributed by atoms with E-state index < -0.39 is 5.82 Å². The highest BCUT2D eigenvalue weighted by atomic mass is 19.1. The molecule has 4 heterocycles. The number of ether oxygens (including phenoxy) is 1. The summed E-state index contributed by atoms with van der Waals surface area (Å²) in [6.07, 6.45) is 4.16. The molecule has 0 radical (unpaired) electrons. The Labute approximate surface area is 146 Å². The average Bonchev–Trinajstić information content (AvgIpc) is 3.00. The van der Waals surface area contributed by atoms with E-state index in [9.17, 15) is 9.18 Å². The molecule has 9 heteroatoms. The number of hydrogen-bond donors (Lipinski definition) is 2. The number of aromatic amines is 1. The highest BCUT2D eigenvalue weighted by Crippen LogP contribution is 2.21. The van der Waals surface area contributed by atoms with Crippen LogP contribution in [0.15, 0.2) is 53.7 Å². The van der Waals surface area contributed by atoms with E-state index >= 15 is 0 Å². The van der Waals surface area contributed by atoms with Crippen LogP contribution >= 0.6 is 0 Å². The zero-order chi connectivity index (χ0) is 18.1. The van der Waals surface area contributed by atoms with Crippen LogP contribution in [0.25, 0.3) is 16.6 Å².